The second-order valence-corrected chi connectivity index (χ2v) is 10.9. The molecule has 0 aliphatic rings. The van der Waals surface area contributed by atoms with Gasteiger partial charge in [-0.1, -0.05) is 61.1 Å². The zero-order valence-electron chi connectivity index (χ0n) is 22.4. The van der Waals surface area contributed by atoms with Crippen LogP contribution in [0.5, 0.6) is 17.4 Å². The molecule has 1 aromatic heterocycles. The molecule has 5 nitrogen and oxygen atoms in total. The predicted octanol–water partition coefficient (Wildman–Crippen LogP) is 7.95. The standard InChI is InChI=1S/C32H35NO4S2/c1-3-8-26-21-25(27(22-38-2)12-11-23-9-5-4-6-10-23)15-18-29(26)37-20-7-19-36-28-16-13-24(14-17-28)30-31(34)33-32(35)39-30/h4-6,9-10,13-18,21-22,34H,3,7-8,11-12,19-20H2,1-2H3,(H,33,35). The van der Waals surface area contributed by atoms with E-state index in [1.54, 1.807) is 11.8 Å². The summed E-state index contributed by atoms with van der Waals surface area (Å²) in [7, 11) is 0. The quantitative estimate of drug-likeness (QED) is 0.153. The molecule has 0 aliphatic heterocycles. The van der Waals surface area contributed by atoms with Crippen molar-refractivity contribution >= 4 is 28.7 Å². The molecule has 204 valence electrons. The molecule has 0 atom stereocenters. The molecule has 1 heterocycles. The lowest BCUT2D eigenvalue weighted by Gasteiger charge is -2.15. The van der Waals surface area contributed by atoms with Crippen molar-refractivity contribution < 1.29 is 14.6 Å². The Bertz CT molecular complexity index is 1410. The third-order valence-electron chi connectivity index (χ3n) is 6.30. The van der Waals surface area contributed by atoms with Crippen LogP contribution < -0.4 is 14.3 Å². The number of aromatic nitrogens is 1. The summed E-state index contributed by atoms with van der Waals surface area (Å²) in [5.74, 6) is 1.58. The Morgan fingerprint density at radius 1 is 1.00 bits per heavy atom. The van der Waals surface area contributed by atoms with Crippen LogP contribution in [0.25, 0.3) is 16.0 Å². The second-order valence-electron chi connectivity index (χ2n) is 9.20. The van der Waals surface area contributed by atoms with Gasteiger partial charge in [0.25, 0.3) is 0 Å². The Morgan fingerprint density at radius 2 is 1.77 bits per heavy atom. The van der Waals surface area contributed by atoms with E-state index >= 15 is 0 Å². The number of aromatic amines is 1. The van der Waals surface area contributed by atoms with Crippen molar-refractivity contribution in [2.24, 2.45) is 0 Å². The molecule has 0 spiro atoms. The Kier molecular flexibility index (Phi) is 10.7. The molecule has 0 amide bonds. The van der Waals surface area contributed by atoms with Crippen LogP contribution in [0.1, 0.15) is 42.9 Å². The molecule has 0 unspecified atom stereocenters. The van der Waals surface area contributed by atoms with Gasteiger partial charge in [0.05, 0.1) is 18.1 Å². The largest absolute Gasteiger partial charge is 0.493 e. The number of hydrogen-bond acceptors (Lipinski definition) is 6. The lowest BCUT2D eigenvalue weighted by molar-refractivity contribution is 0.246. The fourth-order valence-electron chi connectivity index (χ4n) is 4.37. The van der Waals surface area contributed by atoms with Gasteiger partial charge in [0, 0.05) is 6.42 Å². The molecule has 0 bridgehead atoms. The molecular formula is C32H35NO4S2. The summed E-state index contributed by atoms with van der Waals surface area (Å²) < 4.78 is 12.1. The van der Waals surface area contributed by atoms with Gasteiger partial charge in [-0.15, -0.1) is 11.8 Å². The van der Waals surface area contributed by atoms with Crippen LogP contribution in [-0.4, -0.2) is 29.6 Å². The summed E-state index contributed by atoms with van der Waals surface area (Å²) in [4.78, 5) is 14.1. The lowest BCUT2D eigenvalue weighted by Crippen LogP contribution is -2.06. The molecule has 0 saturated heterocycles. The van der Waals surface area contributed by atoms with Crippen LogP contribution in [0.2, 0.25) is 0 Å². The minimum Gasteiger partial charge on any atom is -0.493 e. The smallest absolute Gasteiger partial charge is 0.307 e. The summed E-state index contributed by atoms with van der Waals surface area (Å²) in [5.41, 5.74) is 6.00. The van der Waals surface area contributed by atoms with Crippen LogP contribution in [0.15, 0.2) is 83.0 Å². The number of thiazole rings is 1. The van der Waals surface area contributed by atoms with Gasteiger partial charge in [-0.25, -0.2) is 0 Å². The highest BCUT2D eigenvalue weighted by Gasteiger charge is 2.11. The van der Waals surface area contributed by atoms with Crippen LogP contribution in [0, 0.1) is 0 Å². The Balaban J connectivity index is 1.30. The van der Waals surface area contributed by atoms with E-state index in [-0.39, 0.29) is 10.8 Å². The number of thioether (sulfide) groups is 1. The first-order valence-corrected chi connectivity index (χ1v) is 15.3. The number of benzene rings is 3. The zero-order chi connectivity index (χ0) is 27.5. The van der Waals surface area contributed by atoms with Crippen molar-refractivity contribution in [3.63, 3.8) is 0 Å². The molecule has 0 fully saturated rings. The topological polar surface area (TPSA) is 71.5 Å². The number of ether oxygens (including phenoxy) is 2. The van der Waals surface area contributed by atoms with Crippen molar-refractivity contribution in [3.8, 4) is 27.8 Å². The van der Waals surface area contributed by atoms with Gasteiger partial charge in [0.15, 0.2) is 0 Å². The number of hydrogen-bond donors (Lipinski definition) is 2. The van der Waals surface area contributed by atoms with Crippen LogP contribution in [0.4, 0.5) is 0 Å². The normalized spacial score (nSPS) is 11.5. The fourth-order valence-corrected chi connectivity index (χ4v) is 5.64. The summed E-state index contributed by atoms with van der Waals surface area (Å²) in [6, 6.07) is 24.6. The van der Waals surface area contributed by atoms with Gasteiger partial charge >= 0.3 is 4.87 Å². The highest BCUT2D eigenvalue weighted by atomic mass is 32.2. The van der Waals surface area contributed by atoms with Gasteiger partial charge in [0.2, 0.25) is 5.88 Å². The Hall–Kier alpha value is -3.42. The maximum Gasteiger partial charge on any atom is 0.307 e. The lowest BCUT2D eigenvalue weighted by atomic mass is 9.96. The van der Waals surface area contributed by atoms with E-state index in [4.69, 9.17) is 9.47 Å². The van der Waals surface area contributed by atoms with E-state index in [1.807, 2.05) is 24.3 Å². The Labute approximate surface area is 238 Å². The molecule has 0 saturated carbocycles. The summed E-state index contributed by atoms with van der Waals surface area (Å²) >= 11 is 2.73. The summed E-state index contributed by atoms with van der Waals surface area (Å²) in [6.45, 7) is 3.30. The monoisotopic (exact) mass is 561 g/mol. The van der Waals surface area contributed by atoms with Crippen LogP contribution >= 0.6 is 23.1 Å². The van der Waals surface area contributed by atoms with Crippen LogP contribution in [-0.2, 0) is 12.8 Å². The van der Waals surface area contributed by atoms with Gasteiger partial charge in [-0.05, 0) is 95.2 Å². The maximum absolute atomic E-state index is 11.4. The molecule has 0 radical (unpaired) electrons. The molecule has 4 rings (SSSR count). The number of aromatic hydroxyl groups is 1. The van der Waals surface area contributed by atoms with Gasteiger partial charge < -0.3 is 14.6 Å². The van der Waals surface area contributed by atoms with E-state index < -0.39 is 0 Å². The first kappa shape index (κ1) is 28.6. The first-order chi connectivity index (χ1) is 19.1. The first-order valence-electron chi connectivity index (χ1n) is 13.2. The second kappa shape index (κ2) is 14.7. The van der Waals surface area contributed by atoms with E-state index in [0.717, 1.165) is 60.5 Å². The minimum absolute atomic E-state index is 0.102. The van der Waals surface area contributed by atoms with Crippen molar-refractivity contribution in [2.75, 3.05) is 19.5 Å². The number of allylic oxidation sites excluding steroid dienone is 1. The van der Waals surface area contributed by atoms with Crippen LogP contribution in [0.3, 0.4) is 0 Å². The van der Waals surface area contributed by atoms with E-state index in [2.05, 4.69) is 72.1 Å². The van der Waals surface area contributed by atoms with Gasteiger partial charge in [0.1, 0.15) is 11.5 Å². The predicted molar refractivity (Wildman–Crippen MR) is 164 cm³/mol. The van der Waals surface area contributed by atoms with Crippen molar-refractivity contribution in [1.82, 2.24) is 4.98 Å². The number of H-pyrrole nitrogens is 1. The molecule has 0 aliphatic carbocycles. The average molecular weight is 562 g/mol. The molecule has 7 heteroatoms. The number of nitrogens with one attached hydrogen (secondary N) is 1. The van der Waals surface area contributed by atoms with Crippen molar-refractivity contribution in [1.29, 1.82) is 0 Å². The summed E-state index contributed by atoms with van der Waals surface area (Å²) in [6.07, 6.45) is 6.92. The molecule has 3 aromatic carbocycles. The summed E-state index contributed by atoms with van der Waals surface area (Å²) in [5, 5.41) is 12.1. The average Bonchev–Trinajstić information content (AvgIpc) is 3.30. The molecule has 2 N–H and O–H groups in total. The minimum atomic E-state index is -0.278. The van der Waals surface area contributed by atoms with Gasteiger partial charge in [-0.3, -0.25) is 9.78 Å². The molecular weight excluding hydrogens is 526 g/mol. The van der Waals surface area contributed by atoms with Gasteiger partial charge in [-0.2, -0.15) is 0 Å². The van der Waals surface area contributed by atoms with E-state index in [0.29, 0.717) is 18.1 Å². The van der Waals surface area contributed by atoms with Crippen molar-refractivity contribution in [3.05, 3.63) is 105 Å². The molecule has 4 aromatic rings. The number of aryl methyl sites for hydroxylation is 2. The van der Waals surface area contributed by atoms with E-state index in [9.17, 15) is 9.90 Å². The zero-order valence-corrected chi connectivity index (χ0v) is 24.1. The van der Waals surface area contributed by atoms with Crippen molar-refractivity contribution in [2.45, 2.75) is 39.0 Å². The SMILES string of the molecule is CCCc1cc(C(=CSC)CCc2ccccc2)ccc1OCCCOc1ccc(-c2sc(=O)[nH]c2O)cc1. The van der Waals surface area contributed by atoms with E-state index in [1.165, 1.54) is 22.3 Å². The highest BCUT2D eigenvalue weighted by Crippen LogP contribution is 2.31. The fraction of sp³-hybridized carbons (Fsp3) is 0.281. The number of rotatable bonds is 14. The third kappa shape index (κ3) is 8.28. The Morgan fingerprint density at radius 3 is 2.46 bits per heavy atom. The highest BCUT2D eigenvalue weighted by molar-refractivity contribution is 8.01. The maximum atomic E-state index is 11.4. The third-order valence-corrected chi connectivity index (χ3v) is 7.74. The molecule has 39 heavy (non-hydrogen) atoms.